The summed E-state index contributed by atoms with van der Waals surface area (Å²) in [6, 6.07) is 0. The molecule has 4 atom stereocenters. The maximum absolute atomic E-state index is 12.2. The van der Waals surface area contributed by atoms with Gasteiger partial charge in [0.2, 0.25) is 5.91 Å². The normalized spacial score (nSPS) is 28.9. The van der Waals surface area contributed by atoms with Gasteiger partial charge < -0.3 is 25.4 Å². The van der Waals surface area contributed by atoms with Crippen LogP contribution in [0.4, 0.5) is 4.79 Å². The largest absolute Gasteiger partial charge is 0.481 e. The molecule has 1 aliphatic heterocycles. The number of piperidine rings is 1. The zero-order valence-corrected chi connectivity index (χ0v) is 12.9. The second-order valence-electron chi connectivity index (χ2n) is 6.20. The maximum Gasteiger partial charge on any atom is 0.412 e. The van der Waals surface area contributed by atoms with Crippen LogP contribution in [0.2, 0.25) is 0 Å². The fourth-order valence-electron chi connectivity index (χ4n) is 2.15. The van der Waals surface area contributed by atoms with Crippen molar-refractivity contribution in [2.24, 2.45) is 5.92 Å². The van der Waals surface area contributed by atoms with Crippen molar-refractivity contribution in [1.29, 1.82) is 0 Å². The average Bonchev–Trinajstić information content (AvgIpc) is 2.32. The standard InChI is InChI=1S/C13H22N2O7/c1-6(16)14-10-9(18)8(17)7(11(19)20)5-15(10)12(21)22-13(2,3)4/h7-10,17-18H,5H2,1-4H3,(H,14,16)(H,19,20)/t7-,8-,9+,10+/m1/s1. The van der Waals surface area contributed by atoms with Crippen molar-refractivity contribution < 1.29 is 34.4 Å². The number of aliphatic carboxylic acids is 1. The monoisotopic (exact) mass is 318 g/mol. The minimum absolute atomic E-state index is 0.395. The number of aliphatic hydroxyl groups excluding tert-OH is 2. The maximum atomic E-state index is 12.2. The summed E-state index contributed by atoms with van der Waals surface area (Å²) in [5, 5.41) is 31.3. The van der Waals surface area contributed by atoms with Gasteiger partial charge in [-0.2, -0.15) is 0 Å². The van der Waals surface area contributed by atoms with Crippen LogP contribution in [0, 0.1) is 5.92 Å². The van der Waals surface area contributed by atoms with Gasteiger partial charge in [-0.1, -0.05) is 0 Å². The molecule has 0 aromatic heterocycles. The molecule has 0 radical (unpaired) electrons. The molecule has 4 N–H and O–H groups in total. The molecule has 0 unspecified atom stereocenters. The number of amides is 2. The molecule has 0 spiro atoms. The van der Waals surface area contributed by atoms with Crippen LogP contribution in [-0.2, 0) is 14.3 Å². The zero-order chi connectivity index (χ0) is 17.2. The van der Waals surface area contributed by atoms with Gasteiger partial charge in [-0.3, -0.25) is 14.5 Å². The first-order valence-electron chi connectivity index (χ1n) is 6.79. The van der Waals surface area contributed by atoms with Crippen LogP contribution < -0.4 is 5.32 Å². The summed E-state index contributed by atoms with van der Waals surface area (Å²) < 4.78 is 5.15. The molecule has 1 rings (SSSR count). The molecule has 126 valence electrons. The highest BCUT2D eigenvalue weighted by Crippen LogP contribution is 2.24. The van der Waals surface area contributed by atoms with E-state index in [1.807, 2.05) is 0 Å². The molecule has 9 nitrogen and oxygen atoms in total. The molecule has 2 amide bonds. The molecule has 0 aliphatic carbocycles. The number of ether oxygens (including phenoxy) is 1. The van der Waals surface area contributed by atoms with Crippen LogP contribution in [0.1, 0.15) is 27.7 Å². The third-order valence-corrected chi connectivity index (χ3v) is 3.11. The Balaban J connectivity index is 3.07. The Labute approximate surface area is 127 Å². The number of hydrogen-bond donors (Lipinski definition) is 4. The number of carboxylic acid groups (broad SMARTS) is 1. The number of nitrogens with one attached hydrogen (secondary N) is 1. The Kier molecular flexibility index (Phi) is 5.36. The molecular formula is C13H22N2O7. The molecule has 0 bridgehead atoms. The van der Waals surface area contributed by atoms with Gasteiger partial charge >= 0.3 is 12.1 Å². The molecule has 0 aromatic carbocycles. The van der Waals surface area contributed by atoms with Crippen LogP contribution in [0.15, 0.2) is 0 Å². The van der Waals surface area contributed by atoms with Gasteiger partial charge in [0.05, 0.1) is 6.10 Å². The smallest absolute Gasteiger partial charge is 0.412 e. The van der Waals surface area contributed by atoms with E-state index >= 15 is 0 Å². The Morgan fingerprint density at radius 1 is 1.18 bits per heavy atom. The van der Waals surface area contributed by atoms with Gasteiger partial charge in [-0.25, -0.2) is 4.79 Å². The molecule has 9 heteroatoms. The fourth-order valence-corrected chi connectivity index (χ4v) is 2.15. The molecule has 1 saturated heterocycles. The Morgan fingerprint density at radius 2 is 1.73 bits per heavy atom. The summed E-state index contributed by atoms with van der Waals surface area (Å²) in [6.07, 6.45) is -5.42. The summed E-state index contributed by atoms with van der Waals surface area (Å²) in [5.41, 5.74) is -0.836. The molecule has 0 saturated carbocycles. The minimum atomic E-state index is -1.65. The number of hydrogen-bond acceptors (Lipinski definition) is 6. The van der Waals surface area contributed by atoms with E-state index in [0.29, 0.717) is 0 Å². The first-order valence-corrected chi connectivity index (χ1v) is 6.79. The van der Waals surface area contributed by atoms with Crippen molar-refractivity contribution in [2.75, 3.05) is 6.54 Å². The summed E-state index contributed by atoms with van der Waals surface area (Å²) in [7, 11) is 0. The quantitative estimate of drug-likeness (QED) is 0.519. The van der Waals surface area contributed by atoms with E-state index in [0.717, 1.165) is 4.90 Å². The number of nitrogens with zero attached hydrogens (tertiary/aromatic N) is 1. The number of carbonyl (C=O) groups excluding carboxylic acids is 2. The van der Waals surface area contributed by atoms with Crippen LogP contribution in [0.5, 0.6) is 0 Å². The number of carboxylic acids is 1. The molecule has 1 fully saturated rings. The van der Waals surface area contributed by atoms with Gasteiger partial charge in [-0.15, -0.1) is 0 Å². The van der Waals surface area contributed by atoms with E-state index < -0.39 is 54.4 Å². The van der Waals surface area contributed by atoms with E-state index in [-0.39, 0.29) is 0 Å². The van der Waals surface area contributed by atoms with Crippen LogP contribution >= 0.6 is 0 Å². The van der Waals surface area contributed by atoms with E-state index in [2.05, 4.69) is 5.32 Å². The van der Waals surface area contributed by atoms with Gasteiger partial charge in [0.15, 0.2) is 0 Å². The highest BCUT2D eigenvalue weighted by molar-refractivity contribution is 5.77. The lowest BCUT2D eigenvalue weighted by molar-refractivity contribution is -0.162. The van der Waals surface area contributed by atoms with Gasteiger partial charge in [0, 0.05) is 13.5 Å². The van der Waals surface area contributed by atoms with Crippen molar-refractivity contribution in [3.63, 3.8) is 0 Å². The summed E-state index contributed by atoms with van der Waals surface area (Å²) in [4.78, 5) is 35.5. The lowest BCUT2D eigenvalue weighted by Gasteiger charge is -2.44. The van der Waals surface area contributed by atoms with Gasteiger partial charge in [0.1, 0.15) is 23.8 Å². The topological polar surface area (TPSA) is 136 Å². The van der Waals surface area contributed by atoms with Crippen LogP contribution in [0.25, 0.3) is 0 Å². The van der Waals surface area contributed by atoms with Crippen molar-refractivity contribution >= 4 is 18.0 Å². The molecule has 22 heavy (non-hydrogen) atoms. The lowest BCUT2D eigenvalue weighted by atomic mass is 9.90. The molecule has 1 heterocycles. The Bertz CT molecular complexity index is 460. The third kappa shape index (κ3) is 4.31. The van der Waals surface area contributed by atoms with Crippen molar-refractivity contribution in [3.8, 4) is 0 Å². The van der Waals surface area contributed by atoms with E-state index in [1.165, 1.54) is 6.92 Å². The van der Waals surface area contributed by atoms with E-state index in [9.17, 15) is 24.6 Å². The first kappa shape index (κ1) is 18.2. The molecule has 0 aromatic rings. The van der Waals surface area contributed by atoms with Gasteiger partial charge in [0.25, 0.3) is 0 Å². The highest BCUT2D eigenvalue weighted by atomic mass is 16.6. The predicted octanol–water partition coefficient (Wildman–Crippen LogP) is -0.878. The van der Waals surface area contributed by atoms with Crippen molar-refractivity contribution in [1.82, 2.24) is 10.2 Å². The Morgan fingerprint density at radius 3 is 2.14 bits per heavy atom. The van der Waals surface area contributed by atoms with Crippen LogP contribution in [0.3, 0.4) is 0 Å². The molecular weight excluding hydrogens is 296 g/mol. The number of carbonyl (C=O) groups is 3. The second-order valence-corrected chi connectivity index (χ2v) is 6.20. The summed E-state index contributed by atoms with van der Waals surface area (Å²) in [5.74, 6) is -3.28. The summed E-state index contributed by atoms with van der Waals surface area (Å²) >= 11 is 0. The minimum Gasteiger partial charge on any atom is -0.481 e. The predicted molar refractivity (Wildman–Crippen MR) is 73.7 cm³/mol. The Hall–Kier alpha value is -1.87. The fraction of sp³-hybridized carbons (Fsp3) is 0.769. The highest BCUT2D eigenvalue weighted by Gasteiger charge is 2.48. The number of rotatable bonds is 2. The van der Waals surface area contributed by atoms with Crippen molar-refractivity contribution in [3.05, 3.63) is 0 Å². The SMILES string of the molecule is CC(=O)N[C@@H]1[C@@H](O)[C@H](O)[C@H](C(=O)O)CN1C(=O)OC(C)(C)C. The number of aliphatic hydroxyl groups is 2. The second kappa shape index (κ2) is 6.49. The van der Waals surface area contributed by atoms with E-state index in [4.69, 9.17) is 9.84 Å². The number of likely N-dealkylation sites (tertiary alicyclic amines) is 1. The zero-order valence-electron chi connectivity index (χ0n) is 12.9. The van der Waals surface area contributed by atoms with E-state index in [1.54, 1.807) is 20.8 Å². The lowest BCUT2D eigenvalue weighted by Crippen LogP contribution is -2.67. The third-order valence-electron chi connectivity index (χ3n) is 3.11. The van der Waals surface area contributed by atoms with Crippen LogP contribution in [-0.4, -0.2) is 68.7 Å². The van der Waals surface area contributed by atoms with Gasteiger partial charge in [-0.05, 0) is 20.8 Å². The first-order chi connectivity index (χ1) is 9.94. The summed E-state index contributed by atoms with van der Waals surface area (Å²) in [6.45, 7) is 5.66. The average molecular weight is 318 g/mol. The van der Waals surface area contributed by atoms with Crippen molar-refractivity contribution in [2.45, 2.75) is 51.7 Å². The molecule has 1 aliphatic rings.